The SMILES string of the molecule is CN(C)Cc1cccc(-c2c(F)c(F)c(-c3cc(C(=O)O)c4c(c3)nnn4C)c(F)c2F)c1.CNCc1cccc(-c2c(F)c(F)c(-c3cc(C(=O)O)c4c(c3)ncn4C)c(F)c2F)c1.Cn1nc2cc(-c3c(F)c(F)c(-c4cccc(CN5CCCCC5)c4)c(F)c3F)cc(C(=O)O)c2n1.Cn1nc2cc(-c3c(F)c(F)c(-c4cccc(CN5CCOCC5)c4)c(F)c3F)cc(C(=O)O)c2n1. The number of likely N-dealkylation sites (tertiary alicyclic amines) is 1. The standard InChI is InChI=1S/C26H22F4N4O2.C25H20F4N4O3.C23H18F4N4O2.C23H17F4N3O2/c1-33-31-18-12-16(11-17(26(35)36)25(18)32-33)20-23(29)21(27)19(22(28)24(20)30)15-7-5-6-14(10-15)13-34-8-3-2-4-9-34;1-32-30-17-11-15(10-16(25(34)35)24(17)31-32)19-22(28)20(26)18(21(27)23(19)29)14-4-2-3-13(9-14)12-33-5-7-36-8-6-33;1-30(2)10-11-5-4-6-12(7-11)16-18(24)20(26)17(21(27)19(16)25)13-8-14(23(32)33)22-15(9-13)28-29-31(22)3;1-28-9-11-4-3-5-12(6-11)16-18(24)20(26)17(21(27)19(16)25)13-7-14(23(31)32)22-15(8-13)29-10-30(22)2/h5-7,10-12H,2-4,8-9,13H2,1H3,(H,35,36);2-4,9-11H,5-8,12H2,1H3,(H,34,35);4-9H,10H2,1-3H3,(H,32,33);3-8,10,28H,9H2,1-2H3,(H,31,32). The number of aryl methyl sites for hydroxylation is 4. The van der Waals surface area contributed by atoms with Gasteiger partial charge < -0.3 is 39.9 Å². The first kappa shape index (κ1) is 96.4. The summed E-state index contributed by atoms with van der Waals surface area (Å²) in [6.07, 6.45) is 4.64. The zero-order valence-electron chi connectivity index (χ0n) is 73.3. The predicted molar refractivity (Wildman–Crippen MR) is 472 cm³/mol. The van der Waals surface area contributed by atoms with E-state index < -0.39 is 173 Å². The number of carboxylic acids is 4. The van der Waals surface area contributed by atoms with Crippen molar-refractivity contribution in [3.05, 3.63) is 290 Å². The molecule has 706 valence electrons. The number of rotatable bonds is 20. The first-order chi connectivity index (χ1) is 65.3. The van der Waals surface area contributed by atoms with E-state index in [0.29, 0.717) is 63.6 Å². The van der Waals surface area contributed by atoms with Gasteiger partial charge in [0.25, 0.3) is 0 Å². The Morgan fingerprint density at radius 3 is 1.04 bits per heavy atom. The Morgan fingerprint density at radius 2 is 0.679 bits per heavy atom. The lowest BCUT2D eigenvalue weighted by Gasteiger charge is -2.26. The summed E-state index contributed by atoms with van der Waals surface area (Å²) >= 11 is 0. The van der Waals surface area contributed by atoms with E-state index >= 15 is 70.2 Å². The number of carbonyl (C=O) groups is 4. The van der Waals surface area contributed by atoms with E-state index in [2.05, 4.69) is 50.8 Å². The lowest BCUT2D eigenvalue weighted by Crippen LogP contribution is -2.35. The number of hydrogen-bond acceptors (Lipinski definition) is 16. The second kappa shape index (κ2) is 39.8. The number of piperidine rings is 1. The van der Waals surface area contributed by atoms with Crippen molar-refractivity contribution >= 4 is 68.0 Å². The molecule has 0 atom stereocenters. The highest BCUT2D eigenvalue weighted by Gasteiger charge is 2.36. The van der Waals surface area contributed by atoms with Crippen LogP contribution in [0.25, 0.3) is 133 Å². The van der Waals surface area contributed by atoms with Crippen LogP contribution in [-0.4, -0.2) is 174 Å². The van der Waals surface area contributed by atoms with Gasteiger partial charge in [-0.25, -0.2) is 99.1 Å². The minimum absolute atomic E-state index is 0.00640. The van der Waals surface area contributed by atoms with Crippen LogP contribution >= 0.6 is 0 Å². The number of ether oxygens (including phenoxy) is 1. The molecule has 2 saturated heterocycles. The Labute approximate surface area is 766 Å². The van der Waals surface area contributed by atoms with Crippen LogP contribution in [0.5, 0.6) is 0 Å². The van der Waals surface area contributed by atoms with E-state index in [1.165, 1.54) is 103 Å². The smallest absolute Gasteiger partial charge is 0.338 e. The van der Waals surface area contributed by atoms with Crippen molar-refractivity contribution in [2.45, 2.75) is 45.4 Å². The van der Waals surface area contributed by atoms with Gasteiger partial charge in [-0.15, -0.1) is 5.10 Å². The number of halogens is 16. The van der Waals surface area contributed by atoms with E-state index in [4.69, 9.17) is 4.74 Å². The minimum Gasteiger partial charge on any atom is -0.478 e. The molecule has 0 bridgehead atoms. The molecule has 5 N–H and O–H groups in total. The number of nitrogens with zero attached hydrogens (tertiary/aromatic N) is 14. The van der Waals surface area contributed by atoms with Crippen LogP contribution < -0.4 is 5.32 Å². The Balaban J connectivity index is 0.000000139. The van der Waals surface area contributed by atoms with Crippen molar-refractivity contribution in [1.29, 1.82) is 0 Å². The second-order valence-electron chi connectivity index (χ2n) is 32.6. The largest absolute Gasteiger partial charge is 0.478 e. The van der Waals surface area contributed by atoms with Gasteiger partial charge in [-0.05, 0) is 187 Å². The highest BCUT2D eigenvalue weighted by Crippen LogP contribution is 2.45. The average Bonchev–Trinajstić information content (AvgIpc) is 1.77. The summed E-state index contributed by atoms with van der Waals surface area (Å²) in [5.41, 5.74) is -7.07. The van der Waals surface area contributed by atoms with Gasteiger partial charge in [0.1, 0.15) is 33.1 Å². The molecule has 6 heterocycles. The number of morpholine rings is 1. The van der Waals surface area contributed by atoms with Gasteiger partial charge in [0.2, 0.25) is 0 Å². The fraction of sp³-hybridized carbons (Fsp3) is 0.206. The highest BCUT2D eigenvalue weighted by atomic mass is 19.2. The second-order valence-corrected chi connectivity index (χ2v) is 32.6. The van der Waals surface area contributed by atoms with Gasteiger partial charge in [-0.3, -0.25) is 9.80 Å². The topological polar surface area (TPSA) is 290 Å². The lowest BCUT2D eigenvalue weighted by atomic mass is 9.95. The van der Waals surface area contributed by atoms with E-state index in [1.807, 2.05) is 4.90 Å². The number of carboxylic acid groups (broad SMARTS) is 4. The first-order valence-electron chi connectivity index (χ1n) is 41.9. The number of aromatic carboxylic acids is 4. The Kier molecular flexibility index (Phi) is 28.0. The maximum Gasteiger partial charge on any atom is 0.338 e. The summed E-state index contributed by atoms with van der Waals surface area (Å²) in [6.45, 7) is 6.27. The molecule has 0 amide bonds. The minimum atomic E-state index is -1.64. The summed E-state index contributed by atoms with van der Waals surface area (Å²) in [5.74, 6) is -31.3. The van der Waals surface area contributed by atoms with Crippen LogP contribution in [0.2, 0.25) is 0 Å². The number of hydrogen-bond donors (Lipinski definition) is 5. The highest BCUT2D eigenvalue weighted by molar-refractivity contribution is 6.06. The van der Waals surface area contributed by atoms with Gasteiger partial charge >= 0.3 is 23.9 Å². The fourth-order valence-corrected chi connectivity index (χ4v) is 16.8. The van der Waals surface area contributed by atoms with Crippen molar-refractivity contribution in [1.82, 2.24) is 74.5 Å². The van der Waals surface area contributed by atoms with Crippen LogP contribution in [0.4, 0.5) is 70.2 Å². The lowest BCUT2D eigenvalue weighted by molar-refractivity contribution is 0.0342. The summed E-state index contributed by atoms with van der Waals surface area (Å²) in [6, 6.07) is 33.0. The Hall–Kier alpha value is -15.1. The molecule has 0 saturated carbocycles. The molecule has 12 aromatic carbocycles. The van der Waals surface area contributed by atoms with Crippen molar-refractivity contribution in [3.8, 4) is 89.0 Å². The van der Waals surface area contributed by atoms with Gasteiger partial charge in [0.05, 0.1) is 97.3 Å². The van der Waals surface area contributed by atoms with Gasteiger partial charge in [0, 0.05) is 67.5 Å². The van der Waals surface area contributed by atoms with E-state index in [1.54, 1.807) is 64.6 Å². The molecule has 0 aliphatic carbocycles. The third-order valence-electron chi connectivity index (χ3n) is 22.9. The molecule has 2 aliphatic rings. The quantitative estimate of drug-likeness (QED) is 0.0350. The van der Waals surface area contributed by atoms with E-state index in [9.17, 15) is 39.6 Å². The molecule has 4 aromatic heterocycles. The van der Waals surface area contributed by atoms with Gasteiger partial charge in [-0.1, -0.05) is 84.4 Å². The van der Waals surface area contributed by atoms with Crippen LogP contribution in [0.3, 0.4) is 0 Å². The van der Waals surface area contributed by atoms with Crippen molar-refractivity contribution in [2.75, 3.05) is 60.5 Å². The molecule has 18 rings (SSSR count). The molecular weight excluding hydrogens is 1820 g/mol. The number of fused-ring (bicyclic) bond motifs is 4. The number of imidazole rings is 1. The summed E-state index contributed by atoms with van der Waals surface area (Å²) < 4.78 is 251. The molecule has 137 heavy (non-hydrogen) atoms. The van der Waals surface area contributed by atoms with E-state index in [0.717, 1.165) is 95.5 Å². The zero-order chi connectivity index (χ0) is 98.3. The monoisotopic (exact) mass is 1900 g/mol. The molecule has 2 fully saturated rings. The maximum atomic E-state index is 15.3. The number of nitrogens with one attached hydrogen (secondary N) is 1. The predicted octanol–water partition coefficient (Wildman–Crippen LogP) is 19.4. The third-order valence-corrected chi connectivity index (χ3v) is 22.9. The molecule has 24 nitrogen and oxygen atoms in total. The van der Waals surface area contributed by atoms with Gasteiger partial charge in [0.15, 0.2) is 93.1 Å². The van der Waals surface area contributed by atoms with E-state index in [-0.39, 0.29) is 99.8 Å². The van der Waals surface area contributed by atoms with Gasteiger partial charge in [-0.2, -0.15) is 30.0 Å². The molecule has 0 unspecified atom stereocenters. The molecule has 0 spiro atoms. The van der Waals surface area contributed by atoms with Crippen LogP contribution in [0.1, 0.15) is 82.9 Å². The number of benzene rings is 12. The Bertz CT molecular complexity index is 7200. The van der Waals surface area contributed by atoms with Crippen LogP contribution in [-0.2, 0) is 59.1 Å². The molecule has 16 aromatic rings. The third kappa shape index (κ3) is 19.2. The summed E-state index contributed by atoms with van der Waals surface area (Å²) in [7, 11) is 11.2. The average molecular weight is 1900 g/mol. The van der Waals surface area contributed by atoms with Crippen molar-refractivity contribution in [3.63, 3.8) is 0 Å². The first-order valence-corrected chi connectivity index (χ1v) is 41.9. The molecule has 2 aliphatic heterocycles. The van der Waals surface area contributed by atoms with Crippen molar-refractivity contribution in [2.24, 2.45) is 28.2 Å². The normalized spacial score (nSPS) is 13.0. The zero-order valence-corrected chi connectivity index (χ0v) is 73.3. The van der Waals surface area contributed by atoms with Crippen LogP contribution in [0, 0.1) is 93.1 Å². The molecule has 40 heteroatoms. The molecular formula is C97H77F16N15O9. The summed E-state index contributed by atoms with van der Waals surface area (Å²) in [5, 5.41) is 64.3. The maximum absolute atomic E-state index is 15.3. The Morgan fingerprint density at radius 1 is 0.365 bits per heavy atom. The van der Waals surface area contributed by atoms with Crippen LogP contribution in [0.15, 0.2) is 152 Å². The fourth-order valence-electron chi connectivity index (χ4n) is 16.8. The van der Waals surface area contributed by atoms with Crippen molar-refractivity contribution < 1.29 is 115 Å². The summed E-state index contributed by atoms with van der Waals surface area (Å²) in [4.78, 5) is 59.1. The molecule has 0 radical (unpaired) electrons. The number of aromatic nitrogens is 11.